The Morgan fingerprint density at radius 3 is 2.50 bits per heavy atom. The number of nitrogens with zero attached hydrogens (tertiary/aromatic N) is 1. The monoisotopic (exact) mass is 198 g/mol. The Morgan fingerprint density at radius 2 is 2.00 bits per heavy atom. The molecule has 0 bridgehead atoms. The Bertz CT molecular complexity index is 169. The number of amides is 1. The first kappa shape index (κ1) is 11.5. The van der Waals surface area contributed by atoms with Gasteiger partial charge in [0.05, 0.1) is 0 Å². The van der Waals surface area contributed by atoms with Gasteiger partial charge in [0.15, 0.2) is 0 Å². The second-order valence-corrected chi connectivity index (χ2v) is 3.97. The molecule has 0 aromatic rings. The molecular weight excluding hydrogens is 176 g/mol. The molecule has 14 heavy (non-hydrogen) atoms. The zero-order chi connectivity index (χ0) is 10.4. The van der Waals surface area contributed by atoms with Crippen LogP contribution in [0.25, 0.3) is 0 Å². The number of hydrogen-bond acceptors (Lipinski definition) is 2. The highest BCUT2D eigenvalue weighted by molar-refractivity contribution is 5.78. The largest absolute Gasteiger partial charge is 0.340 e. The van der Waals surface area contributed by atoms with E-state index < -0.39 is 0 Å². The summed E-state index contributed by atoms with van der Waals surface area (Å²) in [7, 11) is 0. The number of nitrogens with one attached hydrogen (secondary N) is 1. The molecule has 1 unspecified atom stereocenters. The van der Waals surface area contributed by atoms with Gasteiger partial charge in [-0.05, 0) is 12.8 Å². The van der Waals surface area contributed by atoms with Crippen LogP contribution in [0.2, 0.25) is 0 Å². The Labute approximate surface area is 86.9 Å². The van der Waals surface area contributed by atoms with Crippen LogP contribution in [-0.2, 0) is 4.79 Å². The van der Waals surface area contributed by atoms with Crippen molar-refractivity contribution in [3.05, 3.63) is 0 Å². The summed E-state index contributed by atoms with van der Waals surface area (Å²) in [5.41, 5.74) is 0. The summed E-state index contributed by atoms with van der Waals surface area (Å²) >= 11 is 0. The highest BCUT2D eigenvalue weighted by Crippen LogP contribution is 2.14. The number of rotatable bonds is 4. The maximum atomic E-state index is 12.0. The van der Waals surface area contributed by atoms with Crippen molar-refractivity contribution in [2.45, 2.75) is 33.1 Å². The van der Waals surface area contributed by atoms with E-state index in [0.717, 1.165) is 45.4 Å². The van der Waals surface area contributed by atoms with Crippen LogP contribution in [0.5, 0.6) is 0 Å². The molecule has 1 amide bonds. The Kier molecular flexibility index (Phi) is 4.94. The lowest BCUT2D eigenvalue weighted by atomic mass is 9.99. The van der Waals surface area contributed by atoms with Crippen molar-refractivity contribution in [2.24, 2.45) is 5.92 Å². The highest BCUT2D eigenvalue weighted by Gasteiger charge is 2.22. The molecule has 1 saturated heterocycles. The predicted octanol–water partition coefficient (Wildman–Crippen LogP) is 1.24. The molecule has 3 nitrogen and oxygen atoms in total. The molecule has 0 radical (unpaired) electrons. The molecule has 1 fully saturated rings. The summed E-state index contributed by atoms with van der Waals surface area (Å²) < 4.78 is 0. The molecule has 3 heteroatoms. The summed E-state index contributed by atoms with van der Waals surface area (Å²) in [6.07, 6.45) is 3.13. The molecule has 82 valence electrons. The van der Waals surface area contributed by atoms with Gasteiger partial charge in [-0.3, -0.25) is 4.79 Å². The summed E-state index contributed by atoms with van der Waals surface area (Å²) in [4.78, 5) is 14.0. The maximum Gasteiger partial charge on any atom is 0.225 e. The zero-order valence-electron chi connectivity index (χ0n) is 9.38. The second-order valence-electron chi connectivity index (χ2n) is 3.97. The molecule has 1 N–H and O–H groups in total. The third kappa shape index (κ3) is 2.98. The Hall–Kier alpha value is -0.570. The van der Waals surface area contributed by atoms with Crippen LogP contribution >= 0.6 is 0 Å². The second kappa shape index (κ2) is 6.02. The predicted molar refractivity (Wildman–Crippen MR) is 58.1 cm³/mol. The van der Waals surface area contributed by atoms with E-state index in [4.69, 9.17) is 0 Å². The standard InChI is InChI=1S/C11H22N2O/c1-3-5-10(4-2)11(14)13-8-6-12-7-9-13/h10,12H,3-9H2,1-2H3. The zero-order valence-corrected chi connectivity index (χ0v) is 9.38. The van der Waals surface area contributed by atoms with Crippen LogP contribution < -0.4 is 5.32 Å². The Morgan fingerprint density at radius 1 is 1.36 bits per heavy atom. The summed E-state index contributed by atoms with van der Waals surface area (Å²) in [5, 5.41) is 3.26. The smallest absolute Gasteiger partial charge is 0.225 e. The normalized spacial score (nSPS) is 19.4. The molecule has 1 heterocycles. The quantitative estimate of drug-likeness (QED) is 0.737. The first-order valence-corrected chi connectivity index (χ1v) is 5.79. The van der Waals surface area contributed by atoms with Gasteiger partial charge in [0, 0.05) is 32.1 Å². The van der Waals surface area contributed by atoms with Crippen molar-refractivity contribution in [2.75, 3.05) is 26.2 Å². The van der Waals surface area contributed by atoms with Crippen molar-refractivity contribution >= 4 is 5.91 Å². The van der Waals surface area contributed by atoms with Crippen molar-refractivity contribution in [1.82, 2.24) is 10.2 Å². The van der Waals surface area contributed by atoms with E-state index in [2.05, 4.69) is 19.2 Å². The molecule has 0 spiro atoms. The van der Waals surface area contributed by atoms with E-state index in [-0.39, 0.29) is 5.92 Å². The summed E-state index contributed by atoms with van der Waals surface area (Å²) in [6, 6.07) is 0. The molecule has 1 atom stereocenters. The average Bonchev–Trinajstić information content (AvgIpc) is 2.26. The van der Waals surface area contributed by atoms with Crippen LogP contribution in [0.15, 0.2) is 0 Å². The van der Waals surface area contributed by atoms with Crippen molar-refractivity contribution in [1.29, 1.82) is 0 Å². The third-order valence-electron chi connectivity index (χ3n) is 2.91. The third-order valence-corrected chi connectivity index (χ3v) is 2.91. The topological polar surface area (TPSA) is 32.3 Å². The number of piperazine rings is 1. The molecule has 1 aliphatic heterocycles. The van der Waals surface area contributed by atoms with E-state index in [0.29, 0.717) is 5.91 Å². The van der Waals surface area contributed by atoms with E-state index in [1.807, 2.05) is 4.90 Å². The van der Waals surface area contributed by atoms with E-state index >= 15 is 0 Å². The van der Waals surface area contributed by atoms with Gasteiger partial charge in [0.25, 0.3) is 0 Å². The van der Waals surface area contributed by atoms with E-state index in [1.54, 1.807) is 0 Å². The van der Waals surface area contributed by atoms with Gasteiger partial charge in [-0.2, -0.15) is 0 Å². The first-order valence-electron chi connectivity index (χ1n) is 5.79. The van der Waals surface area contributed by atoms with Crippen LogP contribution in [0, 0.1) is 5.92 Å². The van der Waals surface area contributed by atoms with Crippen molar-refractivity contribution in [3.8, 4) is 0 Å². The van der Waals surface area contributed by atoms with Crippen LogP contribution in [0.4, 0.5) is 0 Å². The summed E-state index contributed by atoms with van der Waals surface area (Å²) in [5.74, 6) is 0.633. The van der Waals surface area contributed by atoms with Crippen molar-refractivity contribution < 1.29 is 4.79 Å². The van der Waals surface area contributed by atoms with Gasteiger partial charge in [0.2, 0.25) is 5.91 Å². The minimum atomic E-state index is 0.262. The maximum absolute atomic E-state index is 12.0. The molecule has 1 rings (SSSR count). The highest BCUT2D eigenvalue weighted by atomic mass is 16.2. The van der Waals surface area contributed by atoms with Gasteiger partial charge in [0.1, 0.15) is 0 Å². The van der Waals surface area contributed by atoms with Crippen molar-refractivity contribution in [3.63, 3.8) is 0 Å². The number of carbonyl (C=O) groups excluding carboxylic acids is 1. The fourth-order valence-electron chi connectivity index (χ4n) is 1.99. The fourth-order valence-corrected chi connectivity index (χ4v) is 1.99. The Balaban J connectivity index is 2.43. The lowest BCUT2D eigenvalue weighted by Crippen LogP contribution is -2.48. The molecular formula is C11H22N2O. The summed E-state index contributed by atoms with van der Waals surface area (Å²) in [6.45, 7) is 7.94. The van der Waals surface area contributed by atoms with Crippen LogP contribution in [-0.4, -0.2) is 37.0 Å². The molecule has 0 aliphatic carbocycles. The van der Waals surface area contributed by atoms with Gasteiger partial charge >= 0.3 is 0 Å². The molecule has 1 aliphatic rings. The first-order chi connectivity index (χ1) is 6.79. The number of hydrogen-bond donors (Lipinski definition) is 1. The van der Waals surface area contributed by atoms with Gasteiger partial charge < -0.3 is 10.2 Å². The van der Waals surface area contributed by atoms with Gasteiger partial charge in [-0.15, -0.1) is 0 Å². The number of carbonyl (C=O) groups is 1. The lowest BCUT2D eigenvalue weighted by molar-refractivity contribution is -0.136. The molecule has 0 aromatic heterocycles. The molecule has 0 saturated carbocycles. The van der Waals surface area contributed by atoms with Crippen LogP contribution in [0.1, 0.15) is 33.1 Å². The average molecular weight is 198 g/mol. The van der Waals surface area contributed by atoms with Gasteiger partial charge in [-0.25, -0.2) is 0 Å². The van der Waals surface area contributed by atoms with Crippen LogP contribution in [0.3, 0.4) is 0 Å². The fraction of sp³-hybridized carbons (Fsp3) is 0.909. The SMILES string of the molecule is CCCC(CC)C(=O)N1CCNCC1. The minimum Gasteiger partial charge on any atom is -0.340 e. The van der Waals surface area contributed by atoms with E-state index in [9.17, 15) is 4.79 Å². The van der Waals surface area contributed by atoms with Gasteiger partial charge in [-0.1, -0.05) is 20.3 Å². The lowest BCUT2D eigenvalue weighted by Gasteiger charge is -2.30. The molecule has 0 aromatic carbocycles. The minimum absolute atomic E-state index is 0.262. The van der Waals surface area contributed by atoms with E-state index in [1.165, 1.54) is 0 Å².